The topological polar surface area (TPSA) is 124 Å². The van der Waals surface area contributed by atoms with Crippen molar-refractivity contribution in [3.05, 3.63) is 52.3 Å². The summed E-state index contributed by atoms with van der Waals surface area (Å²) < 4.78 is 9.86. The minimum atomic E-state index is -0.905. The highest BCUT2D eigenvalue weighted by Crippen LogP contribution is 2.21. The highest BCUT2D eigenvalue weighted by Gasteiger charge is 2.15. The van der Waals surface area contributed by atoms with E-state index < -0.39 is 17.8 Å². The van der Waals surface area contributed by atoms with Crippen LogP contribution in [0.3, 0.4) is 0 Å². The third-order valence-corrected chi connectivity index (χ3v) is 3.63. The van der Waals surface area contributed by atoms with Crippen molar-refractivity contribution in [3.63, 3.8) is 0 Å². The van der Waals surface area contributed by atoms with Gasteiger partial charge in [-0.25, -0.2) is 9.59 Å². The number of alkyl carbamates (subject to hydrolysis) is 1. The molecule has 1 aromatic heterocycles. The van der Waals surface area contributed by atoms with Gasteiger partial charge in [0.25, 0.3) is 0 Å². The summed E-state index contributed by atoms with van der Waals surface area (Å²) in [5.41, 5.74) is 6.02. The van der Waals surface area contributed by atoms with Gasteiger partial charge in [0.15, 0.2) is 0 Å². The van der Waals surface area contributed by atoms with E-state index in [1.165, 1.54) is 6.20 Å². The number of primary amides is 1. The lowest BCUT2D eigenvalue weighted by Gasteiger charge is -2.18. The molecule has 152 valence electrons. The number of rotatable bonds is 4. The van der Waals surface area contributed by atoms with Crippen molar-refractivity contribution >= 4 is 28.7 Å². The molecule has 0 aliphatic rings. The molecule has 0 saturated carbocycles. The Morgan fingerprint density at radius 3 is 2.69 bits per heavy atom. The predicted octanol–water partition coefficient (Wildman–Crippen LogP) is 2.51. The number of hydrogen-bond donors (Lipinski definition) is 3. The number of aromatic amines is 1. The quantitative estimate of drug-likeness (QED) is 0.684. The molecule has 2 amide bonds. The van der Waals surface area contributed by atoms with Crippen molar-refractivity contribution in [2.24, 2.45) is 5.73 Å². The van der Waals surface area contributed by atoms with E-state index in [0.717, 1.165) is 0 Å². The summed E-state index contributed by atoms with van der Waals surface area (Å²) in [5.74, 6) is 5.46. The van der Waals surface area contributed by atoms with E-state index in [9.17, 15) is 14.4 Å². The lowest BCUT2D eigenvalue weighted by Crippen LogP contribution is -2.32. The van der Waals surface area contributed by atoms with Crippen molar-refractivity contribution in [1.82, 2.24) is 10.3 Å². The normalized spacial score (nSPS) is 10.6. The molecule has 1 heterocycles. The van der Waals surface area contributed by atoms with Crippen LogP contribution in [0.1, 0.15) is 31.9 Å². The molecule has 0 atom stereocenters. The molecule has 0 fully saturated rings. The van der Waals surface area contributed by atoms with Gasteiger partial charge in [-0.15, -0.1) is 0 Å². The Labute approximate surface area is 168 Å². The third-order valence-electron chi connectivity index (χ3n) is 3.63. The fourth-order valence-electron chi connectivity index (χ4n) is 2.45. The number of ether oxygens (including phenoxy) is 2. The van der Waals surface area contributed by atoms with Gasteiger partial charge in [-0.05, 0) is 32.4 Å². The molecule has 1 aromatic carbocycles. The van der Waals surface area contributed by atoms with Crippen molar-refractivity contribution in [3.8, 4) is 11.8 Å². The van der Waals surface area contributed by atoms with Gasteiger partial charge in [0.1, 0.15) is 12.2 Å². The van der Waals surface area contributed by atoms with Crippen molar-refractivity contribution in [2.75, 3.05) is 13.2 Å². The first-order valence-electron chi connectivity index (χ1n) is 8.79. The van der Waals surface area contributed by atoms with Gasteiger partial charge >= 0.3 is 12.2 Å². The third kappa shape index (κ3) is 6.14. The molecule has 8 heteroatoms. The maximum Gasteiger partial charge on any atom is 0.408 e. The van der Waals surface area contributed by atoms with Crippen LogP contribution >= 0.6 is 0 Å². The molecule has 0 bridgehead atoms. The summed E-state index contributed by atoms with van der Waals surface area (Å²) in [5, 5.41) is 2.91. The number of aromatic nitrogens is 1. The molecule has 2 rings (SSSR count). The van der Waals surface area contributed by atoms with Crippen LogP contribution in [0, 0.1) is 11.8 Å². The average Bonchev–Trinajstić information content (AvgIpc) is 2.63. The zero-order valence-corrected chi connectivity index (χ0v) is 16.5. The lowest BCUT2D eigenvalue weighted by atomic mass is 10.0. The van der Waals surface area contributed by atoms with Crippen molar-refractivity contribution in [2.45, 2.75) is 26.4 Å². The lowest BCUT2D eigenvalue weighted by molar-refractivity contribution is 0.0535. The number of para-hydroxylation sites is 1. The number of benzene rings is 1. The fraction of sp³-hybridized carbons (Fsp3) is 0.286. The minimum absolute atomic E-state index is 0.0354. The summed E-state index contributed by atoms with van der Waals surface area (Å²) in [6.07, 6.45) is -0.00498. The number of carbonyl (C=O) groups excluding carboxylic acids is 2. The van der Waals surface area contributed by atoms with Gasteiger partial charge in [-0.3, -0.25) is 4.79 Å². The number of carbonyl (C=O) groups is 2. The summed E-state index contributed by atoms with van der Waals surface area (Å²) in [6, 6.07) is 5.11. The molecule has 0 saturated heterocycles. The number of pyridine rings is 1. The summed E-state index contributed by atoms with van der Waals surface area (Å²) in [4.78, 5) is 38.1. The first-order valence-corrected chi connectivity index (χ1v) is 8.79. The molecular weight excluding hydrogens is 374 g/mol. The van der Waals surface area contributed by atoms with Gasteiger partial charge in [0.2, 0.25) is 5.43 Å². The predicted molar refractivity (Wildman–Crippen MR) is 110 cm³/mol. The van der Waals surface area contributed by atoms with Crippen LogP contribution in [0.2, 0.25) is 0 Å². The van der Waals surface area contributed by atoms with Crippen LogP contribution in [-0.2, 0) is 9.47 Å². The van der Waals surface area contributed by atoms with Gasteiger partial charge in [0.05, 0.1) is 17.6 Å². The SMILES string of the molecule is C=C(COC(N)=O)c1cccc2c(=O)c(C#CCNC(=O)OC(C)(C)C)c[nH]c12. The van der Waals surface area contributed by atoms with Crippen molar-refractivity contribution in [1.29, 1.82) is 0 Å². The second-order valence-corrected chi connectivity index (χ2v) is 7.13. The van der Waals surface area contributed by atoms with E-state index in [1.807, 2.05) is 0 Å². The largest absolute Gasteiger partial charge is 0.445 e. The van der Waals surface area contributed by atoms with Crippen LogP contribution in [-0.4, -0.2) is 35.9 Å². The standard InChI is InChI=1S/C21H23N3O5/c1-13(12-28-19(22)26)15-8-5-9-16-17(15)24-11-14(18(16)25)7-6-10-23-20(27)29-21(2,3)4/h5,8-9,11H,1,10,12H2,2-4H3,(H2,22,26)(H,23,27)(H,24,25). The highest BCUT2D eigenvalue weighted by molar-refractivity contribution is 5.91. The molecule has 4 N–H and O–H groups in total. The van der Waals surface area contributed by atoms with E-state index in [-0.39, 0.29) is 24.1 Å². The molecule has 2 aromatic rings. The Bertz CT molecular complexity index is 1070. The van der Waals surface area contributed by atoms with Gasteiger partial charge < -0.3 is 25.5 Å². The Kier molecular flexibility index (Phi) is 6.67. The van der Waals surface area contributed by atoms with Crippen LogP contribution in [0.25, 0.3) is 16.5 Å². The van der Waals surface area contributed by atoms with E-state index in [4.69, 9.17) is 15.2 Å². The van der Waals surface area contributed by atoms with E-state index >= 15 is 0 Å². The number of nitrogens with one attached hydrogen (secondary N) is 2. The zero-order valence-electron chi connectivity index (χ0n) is 16.5. The maximum absolute atomic E-state index is 12.7. The maximum atomic E-state index is 12.7. The first-order chi connectivity index (χ1) is 13.6. The molecule has 0 unspecified atom stereocenters. The van der Waals surface area contributed by atoms with E-state index in [1.54, 1.807) is 39.0 Å². The number of H-pyrrole nitrogens is 1. The number of hydrogen-bond acceptors (Lipinski definition) is 5. The number of amides is 2. The van der Waals surface area contributed by atoms with Crippen molar-refractivity contribution < 1.29 is 19.1 Å². The van der Waals surface area contributed by atoms with Gasteiger partial charge in [0, 0.05) is 17.1 Å². The van der Waals surface area contributed by atoms with Gasteiger partial charge in [-0.1, -0.05) is 30.6 Å². The summed E-state index contributed by atoms with van der Waals surface area (Å²) in [7, 11) is 0. The molecule has 0 aliphatic heterocycles. The molecule has 29 heavy (non-hydrogen) atoms. The Morgan fingerprint density at radius 2 is 2.03 bits per heavy atom. The summed E-state index contributed by atoms with van der Waals surface area (Å²) in [6.45, 7) is 9.09. The number of fused-ring (bicyclic) bond motifs is 1. The molecule has 8 nitrogen and oxygen atoms in total. The van der Waals surface area contributed by atoms with Crippen LogP contribution in [0.4, 0.5) is 9.59 Å². The molecule has 0 aliphatic carbocycles. The van der Waals surface area contributed by atoms with Crippen LogP contribution < -0.4 is 16.5 Å². The van der Waals surface area contributed by atoms with Crippen LogP contribution in [0.5, 0.6) is 0 Å². The molecular formula is C21H23N3O5. The monoisotopic (exact) mass is 397 g/mol. The smallest absolute Gasteiger partial charge is 0.408 e. The summed E-state index contributed by atoms with van der Waals surface area (Å²) >= 11 is 0. The Hall–Kier alpha value is -3.73. The van der Waals surface area contributed by atoms with Crippen LogP contribution in [0.15, 0.2) is 35.8 Å². The second kappa shape index (κ2) is 8.97. The van der Waals surface area contributed by atoms with E-state index in [0.29, 0.717) is 22.0 Å². The zero-order chi connectivity index (χ0) is 21.6. The second-order valence-electron chi connectivity index (χ2n) is 7.13. The molecule has 0 radical (unpaired) electrons. The number of nitrogens with two attached hydrogens (primary N) is 1. The molecule has 0 spiro atoms. The fourth-order valence-corrected chi connectivity index (χ4v) is 2.45. The average molecular weight is 397 g/mol. The Morgan fingerprint density at radius 1 is 1.31 bits per heavy atom. The highest BCUT2D eigenvalue weighted by atomic mass is 16.6. The Balaban J connectivity index is 2.19. The first kappa shape index (κ1) is 21.6. The van der Waals surface area contributed by atoms with Gasteiger partial charge in [-0.2, -0.15) is 0 Å². The minimum Gasteiger partial charge on any atom is -0.445 e. The van der Waals surface area contributed by atoms with E-state index in [2.05, 4.69) is 28.7 Å².